The fraction of sp³-hybridized carbons (Fsp3) is 0.600. The van der Waals surface area contributed by atoms with Crippen molar-refractivity contribution in [3.05, 3.63) is 11.6 Å². The molecule has 0 saturated heterocycles. The summed E-state index contributed by atoms with van der Waals surface area (Å²) in [5.74, 6) is -0.505. The standard InChI is InChI=1S/C10H16O4Si/c1-15(2,3)5-4-13-10-8(7-11)6-9(12)14-10/h6-7,10H,4-5H2,1-3H3. The predicted molar refractivity (Wildman–Crippen MR) is 58.1 cm³/mol. The first-order chi connectivity index (χ1) is 6.92. The maximum absolute atomic E-state index is 10.9. The molecule has 0 N–H and O–H groups in total. The fourth-order valence-electron chi connectivity index (χ4n) is 1.10. The van der Waals surface area contributed by atoms with E-state index in [1.165, 1.54) is 6.08 Å². The van der Waals surface area contributed by atoms with E-state index < -0.39 is 20.3 Å². The zero-order valence-corrected chi connectivity index (χ0v) is 10.3. The average molecular weight is 228 g/mol. The molecular formula is C10H16O4Si. The second-order valence-electron chi connectivity index (χ2n) is 4.71. The Balaban J connectivity index is 2.37. The zero-order valence-electron chi connectivity index (χ0n) is 9.28. The molecule has 0 bridgehead atoms. The molecule has 4 nitrogen and oxygen atoms in total. The first kappa shape index (κ1) is 12.1. The third-order valence-corrected chi connectivity index (χ3v) is 3.74. The van der Waals surface area contributed by atoms with Crippen molar-refractivity contribution in [2.24, 2.45) is 0 Å². The van der Waals surface area contributed by atoms with Gasteiger partial charge in [-0.05, 0) is 6.04 Å². The van der Waals surface area contributed by atoms with E-state index in [0.29, 0.717) is 12.9 Å². The lowest BCUT2D eigenvalue weighted by Crippen LogP contribution is -2.25. The van der Waals surface area contributed by atoms with Crippen LogP contribution in [-0.2, 0) is 19.1 Å². The van der Waals surface area contributed by atoms with E-state index >= 15 is 0 Å². The number of hydrogen-bond acceptors (Lipinski definition) is 4. The van der Waals surface area contributed by atoms with Crippen LogP contribution >= 0.6 is 0 Å². The van der Waals surface area contributed by atoms with Gasteiger partial charge in [0.2, 0.25) is 6.29 Å². The van der Waals surface area contributed by atoms with Gasteiger partial charge in [0.15, 0.2) is 6.29 Å². The van der Waals surface area contributed by atoms with Gasteiger partial charge in [-0.25, -0.2) is 4.79 Å². The summed E-state index contributed by atoms with van der Waals surface area (Å²) in [6.07, 6.45) is 0.988. The van der Waals surface area contributed by atoms with Crippen LogP contribution in [-0.4, -0.2) is 33.2 Å². The molecule has 1 heterocycles. The van der Waals surface area contributed by atoms with Crippen molar-refractivity contribution < 1.29 is 19.1 Å². The number of aldehydes is 1. The van der Waals surface area contributed by atoms with Crippen molar-refractivity contribution in [2.45, 2.75) is 32.0 Å². The van der Waals surface area contributed by atoms with Gasteiger partial charge in [0, 0.05) is 20.8 Å². The first-order valence-electron chi connectivity index (χ1n) is 4.91. The SMILES string of the molecule is C[Si](C)(C)CCOC1OC(=O)C=C1C=O. The van der Waals surface area contributed by atoms with E-state index in [9.17, 15) is 9.59 Å². The van der Waals surface area contributed by atoms with E-state index in [4.69, 9.17) is 9.47 Å². The Morgan fingerprint density at radius 2 is 2.20 bits per heavy atom. The lowest BCUT2D eigenvalue weighted by molar-refractivity contribution is -0.158. The molecule has 0 aromatic carbocycles. The Kier molecular flexibility index (Phi) is 3.81. The number of hydrogen-bond donors (Lipinski definition) is 0. The minimum Gasteiger partial charge on any atom is -0.428 e. The molecule has 0 aromatic rings. The molecule has 1 aliphatic heterocycles. The highest BCUT2D eigenvalue weighted by atomic mass is 28.3. The first-order valence-corrected chi connectivity index (χ1v) is 8.62. The molecule has 1 unspecified atom stereocenters. The summed E-state index contributed by atoms with van der Waals surface area (Å²) in [5, 5.41) is 0. The summed E-state index contributed by atoms with van der Waals surface area (Å²) in [6, 6.07) is 0.979. The van der Waals surface area contributed by atoms with Crippen LogP contribution in [0.25, 0.3) is 0 Å². The molecule has 1 rings (SSSR count). The number of carbonyl (C=O) groups excluding carboxylic acids is 2. The molecule has 0 fully saturated rings. The molecule has 1 aliphatic rings. The fourth-order valence-corrected chi connectivity index (χ4v) is 1.83. The molecule has 0 radical (unpaired) electrons. The quantitative estimate of drug-likeness (QED) is 0.405. The van der Waals surface area contributed by atoms with Crippen molar-refractivity contribution in [3.63, 3.8) is 0 Å². The van der Waals surface area contributed by atoms with Crippen molar-refractivity contribution >= 4 is 20.3 Å². The van der Waals surface area contributed by atoms with Crippen LogP contribution in [0.1, 0.15) is 0 Å². The smallest absolute Gasteiger partial charge is 0.333 e. The average Bonchev–Trinajstić information content (AvgIpc) is 2.44. The molecule has 0 amide bonds. The number of carbonyl (C=O) groups is 2. The molecule has 0 aromatic heterocycles. The molecule has 0 aliphatic carbocycles. The number of esters is 1. The van der Waals surface area contributed by atoms with Gasteiger partial charge in [0.1, 0.15) is 0 Å². The largest absolute Gasteiger partial charge is 0.428 e. The Morgan fingerprint density at radius 3 is 2.73 bits per heavy atom. The van der Waals surface area contributed by atoms with Gasteiger partial charge < -0.3 is 9.47 Å². The van der Waals surface area contributed by atoms with E-state index in [2.05, 4.69) is 19.6 Å². The van der Waals surface area contributed by atoms with E-state index in [1.54, 1.807) is 0 Å². The summed E-state index contributed by atoms with van der Waals surface area (Å²) in [6.45, 7) is 7.22. The van der Waals surface area contributed by atoms with Crippen molar-refractivity contribution in [3.8, 4) is 0 Å². The normalized spacial score (nSPS) is 21.1. The molecule has 5 heteroatoms. The van der Waals surface area contributed by atoms with Gasteiger partial charge >= 0.3 is 5.97 Å². The van der Waals surface area contributed by atoms with Gasteiger partial charge in [-0.2, -0.15) is 0 Å². The van der Waals surface area contributed by atoms with Crippen LogP contribution < -0.4 is 0 Å². The summed E-state index contributed by atoms with van der Waals surface area (Å²) < 4.78 is 10.2. The highest BCUT2D eigenvalue weighted by molar-refractivity contribution is 6.76. The van der Waals surface area contributed by atoms with Crippen molar-refractivity contribution in [1.82, 2.24) is 0 Å². The number of cyclic esters (lactones) is 1. The summed E-state index contributed by atoms with van der Waals surface area (Å²) in [5.41, 5.74) is 0.274. The molecule has 0 spiro atoms. The van der Waals surface area contributed by atoms with E-state index in [1.807, 2.05) is 0 Å². The lowest BCUT2D eigenvalue weighted by Gasteiger charge is -2.18. The van der Waals surface area contributed by atoms with Gasteiger partial charge in [-0.15, -0.1) is 0 Å². The minimum absolute atomic E-state index is 0.274. The number of ether oxygens (including phenoxy) is 2. The van der Waals surface area contributed by atoms with Crippen LogP contribution in [0, 0.1) is 0 Å². The van der Waals surface area contributed by atoms with E-state index in [-0.39, 0.29) is 5.57 Å². The molecule has 84 valence electrons. The van der Waals surface area contributed by atoms with Crippen LogP contribution in [0.2, 0.25) is 25.7 Å². The predicted octanol–water partition coefficient (Wildman–Crippen LogP) is 1.35. The van der Waals surface area contributed by atoms with Crippen molar-refractivity contribution in [2.75, 3.05) is 6.61 Å². The van der Waals surface area contributed by atoms with Gasteiger partial charge in [0.05, 0.1) is 5.57 Å². The highest BCUT2D eigenvalue weighted by Crippen LogP contribution is 2.16. The van der Waals surface area contributed by atoms with Gasteiger partial charge in [-0.3, -0.25) is 4.79 Å². The minimum atomic E-state index is -1.15. The lowest BCUT2D eigenvalue weighted by atomic mass is 10.3. The Bertz CT molecular complexity index is 290. The Labute approximate surface area is 90.3 Å². The van der Waals surface area contributed by atoms with Gasteiger partial charge in [0.25, 0.3) is 0 Å². The Morgan fingerprint density at radius 1 is 1.53 bits per heavy atom. The van der Waals surface area contributed by atoms with Crippen LogP contribution in [0.4, 0.5) is 0 Å². The Hall–Kier alpha value is -0.943. The van der Waals surface area contributed by atoms with Crippen LogP contribution in [0.5, 0.6) is 0 Å². The topological polar surface area (TPSA) is 52.6 Å². The monoisotopic (exact) mass is 228 g/mol. The second kappa shape index (κ2) is 4.72. The third-order valence-electron chi connectivity index (χ3n) is 2.04. The summed E-state index contributed by atoms with van der Waals surface area (Å²) in [4.78, 5) is 21.4. The summed E-state index contributed by atoms with van der Waals surface area (Å²) in [7, 11) is -1.15. The van der Waals surface area contributed by atoms with Gasteiger partial charge in [-0.1, -0.05) is 19.6 Å². The summed E-state index contributed by atoms with van der Waals surface area (Å²) >= 11 is 0. The zero-order chi connectivity index (χ0) is 11.5. The molecular weight excluding hydrogens is 212 g/mol. The van der Waals surface area contributed by atoms with E-state index in [0.717, 1.165) is 6.04 Å². The number of rotatable bonds is 5. The highest BCUT2D eigenvalue weighted by Gasteiger charge is 2.27. The van der Waals surface area contributed by atoms with Crippen LogP contribution in [0.3, 0.4) is 0 Å². The van der Waals surface area contributed by atoms with Crippen LogP contribution in [0.15, 0.2) is 11.6 Å². The maximum atomic E-state index is 10.9. The molecule has 15 heavy (non-hydrogen) atoms. The maximum Gasteiger partial charge on any atom is 0.333 e. The third kappa shape index (κ3) is 3.97. The second-order valence-corrected chi connectivity index (χ2v) is 10.3. The van der Waals surface area contributed by atoms with Crippen molar-refractivity contribution in [1.29, 1.82) is 0 Å². The molecule has 1 atom stereocenters. The molecule has 0 saturated carbocycles.